The molecule has 4 rings (SSSR count). The molecule has 5 atom stereocenters. The van der Waals surface area contributed by atoms with E-state index in [1.54, 1.807) is 31.7 Å². The molecule has 3 saturated carbocycles. The summed E-state index contributed by atoms with van der Waals surface area (Å²) in [6.45, 7) is 13.4. The van der Waals surface area contributed by atoms with Gasteiger partial charge in [-0.2, -0.15) is 0 Å². The summed E-state index contributed by atoms with van der Waals surface area (Å²) in [7, 11) is 0. The van der Waals surface area contributed by atoms with Gasteiger partial charge in [-0.1, -0.05) is 45.6 Å². The second-order valence-corrected chi connectivity index (χ2v) is 16.1. The van der Waals surface area contributed by atoms with E-state index in [4.69, 9.17) is 9.47 Å². The minimum atomic E-state index is -1.14. The van der Waals surface area contributed by atoms with E-state index in [-0.39, 0.29) is 54.7 Å². The smallest absolute Gasteiger partial charge is 0.408 e. The third-order valence-corrected chi connectivity index (χ3v) is 10.8. The summed E-state index contributed by atoms with van der Waals surface area (Å²) < 4.78 is 10.9. The Bertz CT molecular complexity index is 1270. The van der Waals surface area contributed by atoms with Gasteiger partial charge in [0.05, 0.1) is 6.04 Å². The van der Waals surface area contributed by atoms with Gasteiger partial charge in [-0.05, 0) is 95.3 Å². The predicted octanol–water partition coefficient (Wildman–Crippen LogP) is 4.14. The van der Waals surface area contributed by atoms with Crippen LogP contribution >= 0.6 is 0 Å². The van der Waals surface area contributed by atoms with Crippen molar-refractivity contribution >= 4 is 35.7 Å². The highest BCUT2D eigenvalue weighted by Crippen LogP contribution is 2.65. The van der Waals surface area contributed by atoms with Crippen molar-refractivity contribution in [2.45, 2.75) is 141 Å². The maximum Gasteiger partial charge on any atom is 0.408 e. The fourth-order valence-electron chi connectivity index (χ4n) is 8.05. The summed E-state index contributed by atoms with van der Waals surface area (Å²) in [6, 6.07) is -2.82. The van der Waals surface area contributed by atoms with Crippen molar-refractivity contribution < 1.29 is 38.2 Å². The third kappa shape index (κ3) is 10.2. The number of nitrogens with one attached hydrogen (secondary N) is 4. The molecular formula is C37H59N5O8. The molecule has 1 saturated heterocycles. The molecule has 5 unspecified atom stereocenters. The van der Waals surface area contributed by atoms with Gasteiger partial charge in [0, 0.05) is 19.6 Å². The number of rotatable bonds is 14. The van der Waals surface area contributed by atoms with Gasteiger partial charge in [0.1, 0.15) is 23.8 Å². The van der Waals surface area contributed by atoms with Crippen molar-refractivity contribution in [2.75, 3.05) is 19.6 Å². The Morgan fingerprint density at radius 2 is 1.50 bits per heavy atom. The Morgan fingerprint density at radius 1 is 0.880 bits per heavy atom. The van der Waals surface area contributed by atoms with Crippen LogP contribution in [0.1, 0.15) is 112 Å². The van der Waals surface area contributed by atoms with Crippen LogP contribution in [0.4, 0.5) is 9.59 Å². The molecule has 0 bridgehead atoms. The standard InChI is InChI=1S/C37H59N5O8/c1-7-8-19-26(30(43)32(45)38-20-21-39-34(47)50-36(2,3)4)40-31(44)29-27-25(37(27,5)6)22-42(29)33(46)28(23-15-11-9-12-16-23)41-35(48)49-24-17-13-10-14-18-24/h7,23-29H,1,8-22H2,2-6H3,(H,38,45)(H,39,47)(H,40,44)(H,41,48). The Labute approximate surface area is 296 Å². The van der Waals surface area contributed by atoms with E-state index in [9.17, 15) is 28.8 Å². The third-order valence-electron chi connectivity index (χ3n) is 10.8. The molecule has 0 aromatic rings. The lowest BCUT2D eigenvalue weighted by Crippen LogP contribution is -2.59. The first-order valence-electron chi connectivity index (χ1n) is 18.6. The van der Waals surface area contributed by atoms with Crippen molar-refractivity contribution in [1.82, 2.24) is 26.2 Å². The van der Waals surface area contributed by atoms with Gasteiger partial charge in [-0.15, -0.1) is 6.58 Å². The molecule has 0 spiro atoms. The fraction of sp³-hybridized carbons (Fsp3) is 0.784. The van der Waals surface area contributed by atoms with Crippen molar-refractivity contribution in [2.24, 2.45) is 23.2 Å². The first kappa shape index (κ1) is 39.2. The molecule has 13 heteroatoms. The number of amides is 5. The highest BCUT2D eigenvalue weighted by atomic mass is 16.6. The van der Waals surface area contributed by atoms with Gasteiger partial charge >= 0.3 is 12.2 Å². The Kier molecular flexibility index (Phi) is 13.3. The van der Waals surface area contributed by atoms with Gasteiger partial charge in [-0.25, -0.2) is 9.59 Å². The van der Waals surface area contributed by atoms with Crippen LogP contribution in [0.2, 0.25) is 0 Å². The Hall–Kier alpha value is -3.64. The van der Waals surface area contributed by atoms with Crippen LogP contribution in [0, 0.1) is 23.2 Å². The topological polar surface area (TPSA) is 172 Å². The van der Waals surface area contributed by atoms with E-state index in [0.717, 1.165) is 64.2 Å². The maximum absolute atomic E-state index is 14.4. The zero-order valence-corrected chi connectivity index (χ0v) is 30.6. The lowest BCUT2D eigenvalue weighted by atomic mass is 9.83. The van der Waals surface area contributed by atoms with Crippen LogP contribution in [-0.2, 0) is 28.7 Å². The molecule has 280 valence electrons. The molecule has 5 amide bonds. The number of likely N-dealkylation sites (tertiary alicyclic amines) is 1. The molecule has 0 aromatic carbocycles. The Morgan fingerprint density at radius 3 is 2.12 bits per heavy atom. The number of ketones is 1. The second kappa shape index (κ2) is 17.0. The van der Waals surface area contributed by atoms with Gasteiger partial charge in [0.15, 0.2) is 0 Å². The molecule has 0 radical (unpaired) electrons. The Balaban J connectivity index is 1.44. The van der Waals surface area contributed by atoms with Crippen molar-refractivity contribution in [3.63, 3.8) is 0 Å². The van der Waals surface area contributed by atoms with E-state index in [1.165, 1.54) is 0 Å². The first-order chi connectivity index (χ1) is 23.6. The maximum atomic E-state index is 14.4. The van der Waals surface area contributed by atoms with E-state index in [1.807, 2.05) is 0 Å². The fourth-order valence-corrected chi connectivity index (χ4v) is 8.05. The zero-order chi connectivity index (χ0) is 36.6. The normalized spacial score (nSPS) is 24.5. The molecule has 0 aromatic heterocycles. The van der Waals surface area contributed by atoms with Crippen LogP contribution in [0.3, 0.4) is 0 Å². The first-order valence-corrected chi connectivity index (χ1v) is 18.6. The summed E-state index contributed by atoms with van der Waals surface area (Å²) in [5.41, 5.74) is -0.867. The number of nitrogens with zero attached hydrogens (tertiary/aromatic N) is 1. The summed E-state index contributed by atoms with van der Waals surface area (Å²) in [5, 5.41) is 10.8. The quantitative estimate of drug-likeness (QED) is 0.119. The number of fused-ring (bicyclic) bond motifs is 1. The second-order valence-electron chi connectivity index (χ2n) is 16.1. The molecule has 4 fully saturated rings. The van der Waals surface area contributed by atoms with Crippen molar-refractivity contribution in [3.05, 3.63) is 12.7 Å². The van der Waals surface area contributed by atoms with E-state index >= 15 is 0 Å². The molecule has 50 heavy (non-hydrogen) atoms. The number of carbonyl (C=O) groups excluding carboxylic acids is 6. The minimum Gasteiger partial charge on any atom is -0.446 e. The van der Waals surface area contributed by atoms with Crippen LogP contribution in [0.5, 0.6) is 0 Å². The average Bonchev–Trinajstić information content (AvgIpc) is 3.37. The summed E-state index contributed by atoms with van der Waals surface area (Å²) in [4.78, 5) is 81.4. The molecule has 1 heterocycles. The largest absolute Gasteiger partial charge is 0.446 e. The number of hydrogen-bond acceptors (Lipinski definition) is 8. The molecular weight excluding hydrogens is 642 g/mol. The minimum absolute atomic E-state index is 0.0203. The van der Waals surface area contributed by atoms with Gasteiger partial charge in [0.2, 0.25) is 17.6 Å². The number of allylic oxidation sites excluding steroid dienone is 1. The average molecular weight is 702 g/mol. The number of Topliss-reactive ketones (excluding diaryl/α,β-unsaturated/α-hetero) is 1. The molecule has 13 nitrogen and oxygen atoms in total. The predicted molar refractivity (Wildman–Crippen MR) is 187 cm³/mol. The lowest BCUT2D eigenvalue weighted by molar-refractivity contribution is -0.145. The monoisotopic (exact) mass is 701 g/mol. The number of alkyl carbamates (subject to hydrolysis) is 2. The van der Waals surface area contributed by atoms with Gasteiger partial charge in [-0.3, -0.25) is 19.2 Å². The van der Waals surface area contributed by atoms with Gasteiger partial charge in [0.25, 0.3) is 5.91 Å². The number of piperidine rings is 1. The highest BCUT2D eigenvalue weighted by Gasteiger charge is 2.69. The van der Waals surface area contributed by atoms with Crippen LogP contribution < -0.4 is 21.3 Å². The highest BCUT2D eigenvalue weighted by molar-refractivity contribution is 6.38. The zero-order valence-electron chi connectivity index (χ0n) is 30.6. The summed E-state index contributed by atoms with van der Waals surface area (Å²) in [5.74, 6) is -2.63. The van der Waals surface area contributed by atoms with Crippen LogP contribution in [0.15, 0.2) is 12.7 Å². The van der Waals surface area contributed by atoms with Crippen molar-refractivity contribution in [1.29, 1.82) is 0 Å². The van der Waals surface area contributed by atoms with E-state index in [2.05, 4.69) is 41.7 Å². The van der Waals surface area contributed by atoms with Gasteiger partial charge < -0.3 is 35.6 Å². The van der Waals surface area contributed by atoms with Crippen LogP contribution in [0.25, 0.3) is 0 Å². The summed E-state index contributed by atoms with van der Waals surface area (Å²) in [6.07, 6.45) is 10.1. The number of ether oxygens (including phenoxy) is 2. The SMILES string of the molecule is C=CCCC(NC(=O)C1C2C(CN1C(=O)C(NC(=O)OC1CCCCC1)C1CCCCC1)C2(C)C)C(=O)C(=O)NCCNC(=O)OC(C)(C)C. The number of carbonyl (C=O) groups is 6. The van der Waals surface area contributed by atoms with Crippen molar-refractivity contribution in [3.8, 4) is 0 Å². The van der Waals surface area contributed by atoms with E-state index < -0.39 is 53.5 Å². The van der Waals surface area contributed by atoms with Crippen LogP contribution in [-0.4, -0.2) is 90.1 Å². The summed E-state index contributed by atoms with van der Waals surface area (Å²) >= 11 is 0. The molecule has 3 aliphatic carbocycles. The molecule has 1 aliphatic heterocycles. The lowest BCUT2D eigenvalue weighted by Gasteiger charge is -2.37. The van der Waals surface area contributed by atoms with E-state index in [0.29, 0.717) is 13.0 Å². The molecule has 4 N–H and O–H groups in total. The number of hydrogen-bond donors (Lipinski definition) is 4. The molecule has 4 aliphatic rings.